The number of hydrogen-bond donors (Lipinski definition) is 1. The fourth-order valence-corrected chi connectivity index (χ4v) is 2.05. The number of hydrogen-bond acceptors (Lipinski definition) is 1. The fourth-order valence-electron chi connectivity index (χ4n) is 1.86. The average Bonchev–Trinajstić information content (AvgIpc) is 2.45. The highest BCUT2D eigenvalue weighted by atomic mass is 35.5. The van der Waals surface area contributed by atoms with Gasteiger partial charge in [0.05, 0.1) is 11.1 Å². The number of halogens is 7. The number of amides is 1. The van der Waals surface area contributed by atoms with Crippen molar-refractivity contribution in [3.05, 3.63) is 64.2 Å². The van der Waals surface area contributed by atoms with Crippen molar-refractivity contribution in [3.63, 3.8) is 0 Å². The molecule has 2 nitrogen and oxygen atoms in total. The Balaban J connectivity index is 2.40. The Labute approximate surface area is 137 Å². The van der Waals surface area contributed by atoms with Crippen LogP contribution in [-0.2, 0) is 12.4 Å². The first kappa shape index (κ1) is 18.1. The first-order valence-electron chi connectivity index (χ1n) is 6.33. The molecule has 1 N–H and O–H groups in total. The molecule has 0 heterocycles. The molecule has 0 saturated carbocycles. The number of carbonyl (C=O) groups excluding carboxylic acids is 1. The molecule has 0 fully saturated rings. The fraction of sp³-hybridized carbons (Fsp3) is 0.133. The molecule has 0 aliphatic rings. The molecular weight excluding hydrogens is 360 g/mol. The van der Waals surface area contributed by atoms with Crippen LogP contribution in [-0.4, -0.2) is 5.91 Å². The molecule has 0 aliphatic carbocycles. The van der Waals surface area contributed by atoms with Gasteiger partial charge < -0.3 is 5.32 Å². The third-order valence-corrected chi connectivity index (χ3v) is 3.17. The summed E-state index contributed by atoms with van der Waals surface area (Å²) < 4.78 is 76.5. The lowest BCUT2D eigenvalue weighted by atomic mass is 10.1. The highest BCUT2D eigenvalue weighted by Gasteiger charge is 2.37. The Morgan fingerprint density at radius 2 is 1.42 bits per heavy atom. The summed E-state index contributed by atoms with van der Waals surface area (Å²) in [5.74, 6) is -0.884. The topological polar surface area (TPSA) is 29.1 Å². The van der Waals surface area contributed by atoms with Gasteiger partial charge in [-0.3, -0.25) is 4.79 Å². The van der Waals surface area contributed by atoms with Crippen molar-refractivity contribution in [2.75, 3.05) is 5.32 Å². The molecular formula is C15H8ClF6NO. The Morgan fingerprint density at radius 1 is 0.875 bits per heavy atom. The van der Waals surface area contributed by atoms with E-state index in [0.717, 1.165) is 0 Å². The van der Waals surface area contributed by atoms with Crippen molar-refractivity contribution in [1.29, 1.82) is 0 Å². The van der Waals surface area contributed by atoms with Gasteiger partial charge >= 0.3 is 12.4 Å². The van der Waals surface area contributed by atoms with Gasteiger partial charge in [-0.05, 0) is 36.4 Å². The van der Waals surface area contributed by atoms with Crippen molar-refractivity contribution in [2.24, 2.45) is 0 Å². The Bertz CT molecular complexity index is 737. The molecule has 2 aromatic rings. The van der Waals surface area contributed by atoms with E-state index in [1.807, 2.05) is 5.32 Å². The molecule has 128 valence electrons. The smallest absolute Gasteiger partial charge is 0.322 e. The van der Waals surface area contributed by atoms with E-state index in [1.54, 1.807) is 0 Å². The van der Waals surface area contributed by atoms with Crippen molar-refractivity contribution in [2.45, 2.75) is 12.4 Å². The highest BCUT2D eigenvalue weighted by Crippen LogP contribution is 2.37. The maximum atomic E-state index is 12.8. The second kappa shape index (κ2) is 6.35. The summed E-state index contributed by atoms with van der Waals surface area (Å²) in [5.41, 5.74) is -3.66. The third kappa shape index (κ3) is 4.41. The van der Waals surface area contributed by atoms with Gasteiger partial charge in [0, 0.05) is 16.3 Å². The molecule has 0 atom stereocenters. The second-order valence-corrected chi connectivity index (χ2v) is 5.20. The van der Waals surface area contributed by atoms with Crippen molar-refractivity contribution in [1.82, 2.24) is 0 Å². The molecule has 2 rings (SSSR count). The molecule has 0 aliphatic heterocycles. The van der Waals surface area contributed by atoms with E-state index >= 15 is 0 Å². The number of carbonyl (C=O) groups is 1. The SMILES string of the molecule is O=C(Nc1cc(C(F)(F)F)cc(C(F)(F)F)c1)c1cccc(Cl)c1. The van der Waals surface area contributed by atoms with Crippen LogP contribution in [0.3, 0.4) is 0 Å². The van der Waals surface area contributed by atoms with Gasteiger partial charge in [0.1, 0.15) is 0 Å². The molecule has 0 unspecified atom stereocenters. The number of rotatable bonds is 2. The standard InChI is InChI=1S/C15H8ClF6NO/c16-11-3-1-2-8(4-11)13(24)23-12-6-9(14(17,18)19)5-10(7-12)15(20,21)22/h1-7H,(H,23,24). The predicted octanol–water partition coefficient (Wildman–Crippen LogP) is 5.63. The zero-order valence-corrected chi connectivity index (χ0v) is 12.4. The minimum absolute atomic E-state index is 0.00605. The molecule has 0 aromatic heterocycles. The van der Waals surface area contributed by atoms with Crippen LogP contribution in [0.4, 0.5) is 32.0 Å². The zero-order valence-electron chi connectivity index (χ0n) is 11.6. The Hall–Kier alpha value is -2.22. The van der Waals surface area contributed by atoms with E-state index in [4.69, 9.17) is 11.6 Å². The first-order chi connectivity index (χ1) is 11.0. The van der Waals surface area contributed by atoms with E-state index in [9.17, 15) is 31.1 Å². The average molecular weight is 368 g/mol. The number of alkyl halides is 6. The van der Waals surface area contributed by atoms with Gasteiger partial charge in [-0.1, -0.05) is 17.7 Å². The van der Waals surface area contributed by atoms with Gasteiger partial charge in [-0.25, -0.2) is 0 Å². The van der Waals surface area contributed by atoms with Crippen LogP contribution >= 0.6 is 11.6 Å². The van der Waals surface area contributed by atoms with Gasteiger partial charge in [0.15, 0.2) is 0 Å². The molecule has 0 bridgehead atoms. The van der Waals surface area contributed by atoms with Crippen molar-refractivity contribution >= 4 is 23.2 Å². The lowest BCUT2D eigenvalue weighted by Gasteiger charge is -2.14. The van der Waals surface area contributed by atoms with Gasteiger partial charge in [0.25, 0.3) is 5.91 Å². The molecule has 0 saturated heterocycles. The summed E-state index contributed by atoms with van der Waals surface area (Å²) in [7, 11) is 0. The summed E-state index contributed by atoms with van der Waals surface area (Å²) in [6, 6.07) is 6.27. The lowest BCUT2D eigenvalue weighted by Crippen LogP contribution is -2.15. The van der Waals surface area contributed by atoms with Crippen molar-refractivity contribution in [3.8, 4) is 0 Å². The van der Waals surface area contributed by atoms with E-state index in [-0.39, 0.29) is 16.7 Å². The predicted molar refractivity (Wildman–Crippen MR) is 75.9 cm³/mol. The quantitative estimate of drug-likeness (QED) is 0.685. The molecule has 1 amide bonds. The van der Waals surface area contributed by atoms with E-state index in [1.165, 1.54) is 24.3 Å². The lowest BCUT2D eigenvalue weighted by molar-refractivity contribution is -0.143. The molecule has 0 spiro atoms. The number of anilines is 1. The maximum absolute atomic E-state index is 12.8. The van der Waals surface area contributed by atoms with Crippen LogP contribution in [0.25, 0.3) is 0 Å². The van der Waals surface area contributed by atoms with Gasteiger partial charge in [-0.2, -0.15) is 26.3 Å². The minimum atomic E-state index is -4.99. The molecule has 24 heavy (non-hydrogen) atoms. The minimum Gasteiger partial charge on any atom is -0.322 e. The van der Waals surface area contributed by atoms with Crippen LogP contribution in [0, 0.1) is 0 Å². The largest absolute Gasteiger partial charge is 0.416 e. The van der Waals surface area contributed by atoms with Crippen LogP contribution < -0.4 is 5.32 Å². The third-order valence-electron chi connectivity index (χ3n) is 2.93. The van der Waals surface area contributed by atoms with Crippen LogP contribution in [0.2, 0.25) is 5.02 Å². The number of benzene rings is 2. The highest BCUT2D eigenvalue weighted by molar-refractivity contribution is 6.31. The van der Waals surface area contributed by atoms with E-state index < -0.39 is 35.1 Å². The Kier molecular flexibility index (Phi) is 4.80. The second-order valence-electron chi connectivity index (χ2n) is 4.76. The van der Waals surface area contributed by atoms with E-state index in [0.29, 0.717) is 12.1 Å². The van der Waals surface area contributed by atoms with Crippen molar-refractivity contribution < 1.29 is 31.1 Å². The molecule has 9 heteroatoms. The summed E-state index contributed by atoms with van der Waals surface area (Å²) in [6.07, 6.45) is -9.98. The van der Waals surface area contributed by atoms with Crippen LogP contribution in [0.5, 0.6) is 0 Å². The molecule has 0 radical (unpaired) electrons. The normalized spacial score (nSPS) is 12.1. The monoisotopic (exact) mass is 367 g/mol. The first-order valence-corrected chi connectivity index (χ1v) is 6.71. The maximum Gasteiger partial charge on any atom is 0.416 e. The van der Waals surface area contributed by atoms with Gasteiger partial charge in [-0.15, -0.1) is 0 Å². The molecule has 2 aromatic carbocycles. The Morgan fingerprint density at radius 3 is 1.88 bits per heavy atom. The van der Waals surface area contributed by atoms with Crippen LogP contribution in [0.15, 0.2) is 42.5 Å². The van der Waals surface area contributed by atoms with Gasteiger partial charge in [0.2, 0.25) is 0 Å². The number of nitrogens with one attached hydrogen (secondary N) is 1. The summed E-state index contributed by atoms with van der Waals surface area (Å²) >= 11 is 5.68. The zero-order chi connectivity index (χ0) is 18.1. The van der Waals surface area contributed by atoms with E-state index in [2.05, 4.69) is 0 Å². The summed E-state index contributed by atoms with van der Waals surface area (Å²) in [6.45, 7) is 0. The summed E-state index contributed by atoms with van der Waals surface area (Å²) in [5, 5.41) is 2.21. The summed E-state index contributed by atoms with van der Waals surface area (Å²) in [4.78, 5) is 12.0. The van der Waals surface area contributed by atoms with Crippen LogP contribution in [0.1, 0.15) is 21.5 Å².